The van der Waals surface area contributed by atoms with Crippen molar-refractivity contribution in [2.45, 2.75) is 31.1 Å². The van der Waals surface area contributed by atoms with Gasteiger partial charge in [-0.25, -0.2) is 4.79 Å². The van der Waals surface area contributed by atoms with Gasteiger partial charge in [-0.3, -0.25) is 0 Å². The molecule has 8 heteroatoms. The number of carbonyl (C=O) groups is 1. The number of benzene rings is 1. The smallest absolute Gasteiger partial charge is 0.319 e. The van der Waals surface area contributed by atoms with Crippen LogP contribution in [0.4, 0.5) is 10.5 Å². The molecule has 1 heterocycles. The van der Waals surface area contributed by atoms with E-state index in [-0.39, 0.29) is 12.1 Å². The van der Waals surface area contributed by atoms with Gasteiger partial charge in [-0.2, -0.15) is 0 Å². The molecule has 1 aliphatic carbocycles. The summed E-state index contributed by atoms with van der Waals surface area (Å²) in [4.78, 5) is 12.2. The molecule has 0 aromatic heterocycles. The van der Waals surface area contributed by atoms with Crippen molar-refractivity contribution in [2.24, 2.45) is 0 Å². The van der Waals surface area contributed by atoms with Crippen LogP contribution in [0.25, 0.3) is 0 Å². The van der Waals surface area contributed by atoms with Crippen LogP contribution < -0.4 is 15.4 Å². The number of anilines is 1. The maximum atomic E-state index is 12.2. The molecule has 1 saturated carbocycles. The highest BCUT2D eigenvalue weighted by Crippen LogP contribution is 2.37. The predicted octanol–water partition coefficient (Wildman–Crippen LogP) is 2.78. The maximum absolute atomic E-state index is 12.2. The van der Waals surface area contributed by atoms with Crippen molar-refractivity contribution in [2.75, 3.05) is 38.9 Å². The molecule has 1 atom stereocenters. The number of methoxy groups -OCH3 is 1. The normalized spacial score (nSPS) is 21.4. The summed E-state index contributed by atoms with van der Waals surface area (Å²) in [6.45, 7) is 2.14. The first-order chi connectivity index (χ1) is 12.1. The van der Waals surface area contributed by atoms with Crippen LogP contribution in [0.15, 0.2) is 18.2 Å². The third-order valence-electron chi connectivity index (χ3n) is 4.31. The first kappa shape index (κ1) is 18.3. The van der Waals surface area contributed by atoms with E-state index in [0.29, 0.717) is 49.3 Å². The lowest BCUT2D eigenvalue weighted by Crippen LogP contribution is -2.38. The summed E-state index contributed by atoms with van der Waals surface area (Å²) in [5.74, 6) is 0.0561. The Morgan fingerprint density at radius 1 is 1.36 bits per heavy atom. The molecule has 1 spiro atoms. The second-order valence-corrected chi connectivity index (χ2v) is 6.54. The molecular weight excluding hydrogens is 348 g/mol. The lowest BCUT2D eigenvalue weighted by molar-refractivity contribution is -0.151. The molecule has 1 unspecified atom stereocenters. The van der Waals surface area contributed by atoms with Crippen LogP contribution in [-0.4, -0.2) is 51.4 Å². The molecule has 2 amide bonds. The lowest BCUT2D eigenvalue weighted by Gasteiger charge is -2.21. The monoisotopic (exact) mass is 370 g/mol. The number of carbonyl (C=O) groups excluding carboxylic acids is 1. The number of amides is 2. The van der Waals surface area contributed by atoms with Crippen molar-refractivity contribution in [3.05, 3.63) is 23.2 Å². The minimum Gasteiger partial charge on any atom is -0.490 e. The topological polar surface area (TPSA) is 78.1 Å². The third-order valence-corrected chi connectivity index (χ3v) is 4.61. The number of ether oxygens (including phenoxy) is 4. The van der Waals surface area contributed by atoms with E-state index >= 15 is 0 Å². The van der Waals surface area contributed by atoms with Gasteiger partial charge in [0.05, 0.1) is 24.8 Å². The molecule has 1 aliphatic heterocycles. The van der Waals surface area contributed by atoms with Gasteiger partial charge >= 0.3 is 6.03 Å². The summed E-state index contributed by atoms with van der Waals surface area (Å²) in [6.07, 6.45) is 2.31. The summed E-state index contributed by atoms with van der Waals surface area (Å²) >= 11 is 6.17. The second-order valence-electron chi connectivity index (χ2n) is 6.13. The average Bonchev–Trinajstić information content (AvgIpc) is 3.20. The molecular formula is C17H23ClN2O5. The van der Waals surface area contributed by atoms with Gasteiger partial charge in [0.2, 0.25) is 0 Å². The minimum atomic E-state index is -0.498. The van der Waals surface area contributed by atoms with Crippen LogP contribution >= 0.6 is 11.6 Å². The Bertz CT molecular complexity index is 607. The summed E-state index contributed by atoms with van der Waals surface area (Å²) in [5, 5.41) is 6.17. The molecule has 138 valence electrons. The number of halogens is 1. The Kier molecular flexibility index (Phi) is 6.01. The predicted molar refractivity (Wildman–Crippen MR) is 93.3 cm³/mol. The van der Waals surface area contributed by atoms with Crippen LogP contribution in [0.5, 0.6) is 5.75 Å². The van der Waals surface area contributed by atoms with E-state index in [1.807, 2.05) is 0 Å². The fourth-order valence-corrected chi connectivity index (χ4v) is 3.37. The molecule has 1 aromatic carbocycles. The molecule has 1 saturated heterocycles. The van der Waals surface area contributed by atoms with Gasteiger partial charge in [-0.15, -0.1) is 0 Å². The number of rotatable bonds is 6. The standard InChI is InChI=1S/C17H23ClN2O5/c1-22-6-7-23-15-3-2-12(10-14(15)18)19-16(21)20-13-4-5-17(11-13)24-8-9-25-17/h2-3,10,13H,4-9,11H2,1H3,(H2,19,20,21). The number of hydrogen-bond acceptors (Lipinski definition) is 5. The highest BCUT2D eigenvalue weighted by molar-refractivity contribution is 6.32. The first-order valence-corrected chi connectivity index (χ1v) is 8.75. The van der Waals surface area contributed by atoms with Gasteiger partial charge in [0.25, 0.3) is 0 Å². The highest BCUT2D eigenvalue weighted by atomic mass is 35.5. The average molecular weight is 371 g/mol. The van der Waals surface area contributed by atoms with Gasteiger partial charge in [0, 0.05) is 31.7 Å². The van der Waals surface area contributed by atoms with Crippen molar-refractivity contribution < 1.29 is 23.7 Å². The highest BCUT2D eigenvalue weighted by Gasteiger charge is 2.44. The van der Waals surface area contributed by atoms with E-state index in [4.69, 9.17) is 30.5 Å². The molecule has 7 nitrogen and oxygen atoms in total. The van der Waals surface area contributed by atoms with Crippen LogP contribution in [0.1, 0.15) is 19.3 Å². The summed E-state index contributed by atoms with van der Waals surface area (Å²) < 4.78 is 21.7. The maximum Gasteiger partial charge on any atom is 0.319 e. The Hall–Kier alpha value is -1.54. The molecule has 0 bridgehead atoms. The van der Waals surface area contributed by atoms with Gasteiger partial charge in [-0.1, -0.05) is 11.6 Å². The van der Waals surface area contributed by atoms with E-state index in [9.17, 15) is 4.79 Å². The number of hydrogen-bond donors (Lipinski definition) is 2. The van der Waals surface area contributed by atoms with Crippen LogP contribution in [0.2, 0.25) is 5.02 Å². The second kappa shape index (κ2) is 8.23. The van der Waals surface area contributed by atoms with Crippen molar-refractivity contribution >= 4 is 23.3 Å². The molecule has 0 radical (unpaired) electrons. The summed E-state index contributed by atoms with van der Waals surface area (Å²) in [6, 6.07) is 4.88. The first-order valence-electron chi connectivity index (χ1n) is 8.37. The van der Waals surface area contributed by atoms with E-state index in [1.54, 1.807) is 25.3 Å². The van der Waals surface area contributed by atoms with E-state index < -0.39 is 5.79 Å². The lowest BCUT2D eigenvalue weighted by atomic mass is 10.2. The van der Waals surface area contributed by atoms with E-state index in [1.165, 1.54) is 0 Å². The molecule has 25 heavy (non-hydrogen) atoms. The molecule has 1 aromatic rings. The van der Waals surface area contributed by atoms with Crippen LogP contribution in [0.3, 0.4) is 0 Å². The Morgan fingerprint density at radius 3 is 2.88 bits per heavy atom. The van der Waals surface area contributed by atoms with Crippen molar-refractivity contribution in [3.63, 3.8) is 0 Å². The quantitative estimate of drug-likeness (QED) is 0.753. The number of urea groups is 1. The Labute approximate surface area is 151 Å². The zero-order chi connectivity index (χ0) is 17.7. The Balaban J connectivity index is 1.48. The van der Waals surface area contributed by atoms with Crippen LogP contribution in [-0.2, 0) is 14.2 Å². The van der Waals surface area contributed by atoms with Gasteiger partial charge in [0.15, 0.2) is 5.79 Å². The molecule has 2 aliphatic rings. The van der Waals surface area contributed by atoms with E-state index in [2.05, 4.69) is 10.6 Å². The Morgan fingerprint density at radius 2 is 2.16 bits per heavy atom. The van der Waals surface area contributed by atoms with Gasteiger partial charge in [0.1, 0.15) is 12.4 Å². The fraction of sp³-hybridized carbons (Fsp3) is 0.588. The van der Waals surface area contributed by atoms with Gasteiger partial charge in [-0.05, 0) is 24.6 Å². The van der Waals surface area contributed by atoms with Crippen molar-refractivity contribution in [3.8, 4) is 5.75 Å². The minimum absolute atomic E-state index is 0.0326. The van der Waals surface area contributed by atoms with Crippen LogP contribution in [0, 0.1) is 0 Å². The van der Waals surface area contributed by atoms with E-state index in [0.717, 1.165) is 12.8 Å². The SMILES string of the molecule is COCCOc1ccc(NC(=O)NC2CCC3(C2)OCCO3)cc1Cl. The number of nitrogens with one attached hydrogen (secondary N) is 2. The summed E-state index contributed by atoms with van der Waals surface area (Å²) in [5.41, 5.74) is 0.600. The van der Waals surface area contributed by atoms with Crippen molar-refractivity contribution in [1.29, 1.82) is 0 Å². The largest absolute Gasteiger partial charge is 0.490 e. The molecule has 2 N–H and O–H groups in total. The fourth-order valence-electron chi connectivity index (χ4n) is 3.14. The third kappa shape index (κ3) is 4.76. The summed E-state index contributed by atoms with van der Waals surface area (Å²) in [7, 11) is 1.60. The van der Waals surface area contributed by atoms with Gasteiger partial charge < -0.3 is 29.6 Å². The van der Waals surface area contributed by atoms with Crippen molar-refractivity contribution in [1.82, 2.24) is 5.32 Å². The molecule has 2 fully saturated rings. The zero-order valence-corrected chi connectivity index (χ0v) is 14.9. The zero-order valence-electron chi connectivity index (χ0n) is 14.2. The molecule has 3 rings (SSSR count).